The highest BCUT2D eigenvalue weighted by molar-refractivity contribution is 8.00. The fraction of sp³-hybridized carbons (Fsp3) is 0.261. The van der Waals surface area contributed by atoms with Crippen LogP contribution < -0.4 is 10.9 Å². The molecule has 1 saturated carbocycles. The minimum absolute atomic E-state index is 0.0267. The number of hydrogen-bond donors (Lipinski definition) is 1. The highest BCUT2D eigenvalue weighted by atomic mass is 32.2. The molecule has 1 N–H and O–H groups in total. The fourth-order valence-electron chi connectivity index (χ4n) is 3.50. The monoisotopic (exact) mass is 467 g/mol. The Kier molecular flexibility index (Phi) is 5.69. The normalized spacial score (nSPS) is 14.6. The lowest BCUT2D eigenvalue weighted by Gasteiger charge is -2.18. The third-order valence-corrected chi connectivity index (χ3v) is 8.27. The lowest BCUT2D eigenvalue weighted by molar-refractivity contribution is -0.120. The van der Waals surface area contributed by atoms with Crippen LogP contribution in [0.2, 0.25) is 0 Å². The first kappa shape index (κ1) is 20.5. The highest BCUT2D eigenvalue weighted by Gasteiger charge is 2.30. The maximum atomic E-state index is 13.5. The number of thioether (sulfide) groups is 1. The Morgan fingerprint density at radius 1 is 1.23 bits per heavy atom. The number of benzene rings is 1. The molecule has 3 heterocycles. The van der Waals surface area contributed by atoms with Crippen LogP contribution in [0.3, 0.4) is 0 Å². The summed E-state index contributed by atoms with van der Waals surface area (Å²) < 4.78 is 1.69. The summed E-state index contributed by atoms with van der Waals surface area (Å²) in [5.74, 6) is -0.0267. The van der Waals surface area contributed by atoms with E-state index < -0.39 is 5.25 Å². The summed E-state index contributed by atoms with van der Waals surface area (Å²) in [6.07, 6.45) is 2.06. The SMILES string of the molecule is CCn1c(SC(C(=O)NC2CC2)c2ccccc2)nc2scc(-c3cccs3)c2c1=O. The van der Waals surface area contributed by atoms with Gasteiger partial charge in [0.25, 0.3) is 5.56 Å². The van der Waals surface area contributed by atoms with Crippen molar-refractivity contribution in [1.82, 2.24) is 14.9 Å². The standard InChI is InChI=1S/C23H21N3O2S3/c1-2-26-22(28)18-16(17-9-6-12-29-17)13-30-21(18)25-23(26)31-19(14-7-4-3-5-8-14)20(27)24-15-10-11-15/h3-9,12-13,15,19H,2,10-11H2,1H3,(H,24,27). The van der Waals surface area contributed by atoms with Crippen molar-refractivity contribution in [1.29, 1.82) is 0 Å². The number of nitrogens with one attached hydrogen (secondary N) is 1. The Morgan fingerprint density at radius 2 is 2.03 bits per heavy atom. The second-order valence-electron chi connectivity index (χ2n) is 7.44. The quantitative estimate of drug-likeness (QED) is 0.295. The number of amides is 1. The van der Waals surface area contributed by atoms with Gasteiger partial charge in [0, 0.05) is 28.4 Å². The van der Waals surface area contributed by atoms with Crippen LogP contribution in [0.15, 0.2) is 63.2 Å². The van der Waals surface area contributed by atoms with E-state index in [0.29, 0.717) is 17.1 Å². The molecule has 8 heteroatoms. The Morgan fingerprint density at radius 3 is 2.71 bits per heavy atom. The van der Waals surface area contributed by atoms with E-state index >= 15 is 0 Å². The summed E-state index contributed by atoms with van der Waals surface area (Å²) in [4.78, 5) is 33.2. The third kappa shape index (κ3) is 4.07. The van der Waals surface area contributed by atoms with Crippen LogP contribution in [-0.2, 0) is 11.3 Å². The molecule has 3 aromatic heterocycles. The van der Waals surface area contributed by atoms with Crippen LogP contribution >= 0.6 is 34.4 Å². The Bertz CT molecular complexity index is 1270. The highest BCUT2D eigenvalue weighted by Crippen LogP contribution is 2.38. The van der Waals surface area contributed by atoms with Crippen molar-refractivity contribution in [2.24, 2.45) is 0 Å². The van der Waals surface area contributed by atoms with Gasteiger partial charge in [0.2, 0.25) is 5.91 Å². The second-order valence-corrected chi connectivity index (χ2v) is 10.3. The van der Waals surface area contributed by atoms with Gasteiger partial charge >= 0.3 is 0 Å². The van der Waals surface area contributed by atoms with Gasteiger partial charge in [-0.15, -0.1) is 22.7 Å². The molecule has 1 fully saturated rings. The summed E-state index contributed by atoms with van der Waals surface area (Å²) >= 11 is 4.45. The third-order valence-electron chi connectivity index (χ3n) is 5.25. The van der Waals surface area contributed by atoms with Crippen molar-refractivity contribution < 1.29 is 4.79 Å². The van der Waals surface area contributed by atoms with Gasteiger partial charge in [0.15, 0.2) is 5.16 Å². The van der Waals surface area contributed by atoms with E-state index in [-0.39, 0.29) is 17.5 Å². The average Bonchev–Trinajstić information content (AvgIpc) is 3.25. The minimum atomic E-state index is -0.458. The maximum absolute atomic E-state index is 13.5. The molecular formula is C23H21N3O2S3. The number of aromatic nitrogens is 2. The van der Waals surface area contributed by atoms with Gasteiger partial charge in [-0.3, -0.25) is 14.2 Å². The van der Waals surface area contributed by atoms with E-state index in [9.17, 15) is 9.59 Å². The molecule has 1 unspecified atom stereocenters. The Labute approximate surface area is 192 Å². The van der Waals surface area contributed by atoms with Gasteiger partial charge in [-0.05, 0) is 36.8 Å². The van der Waals surface area contributed by atoms with Gasteiger partial charge in [-0.2, -0.15) is 0 Å². The first-order chi connectivity index (χ1) is 15.2. The largest absolute Gasteiger partial charge is 0.352 e. The van der Waals surface area contributed by atoms with E-state index in [2.05, 4.69) is 5.32 Å². The summed E-state index contributed by atoms with van der Waals surface area (Å²) in [7, 11) is 0. The van der Waals surface area contributed by atoms with Crippen molar-refractivity contribution in [3.05, 3.63) is 69.1 Å². The predicted octanol–water partition coefficient (Wildman–Crippen LogP) is 5.32. The van der Waals surface area contributed by atoms with Crippen molar-refractivity contribution in [2.75, 3.05) is 0 Å². The van der Waals surface area contributed by atoms with Gasteiger partial charge in [-0.25, -0.2) is 4.98 Å². The number of fused-ring (bicyclic) bond motifs is 1. The molecule has 5 rings (SSSR count). The van der Waals surface area contributed by atoms with E-state index in [1.165, 1.54) is 23.1 Å². The van der Waals surface area contributed by atoms with E-state index in [0.717, 1.165) is 33.7 Å². The van der Waals surface area contributed by atoms with Crippen molar-refractivity contribution >= 4 is 50.6 Å². The topological polar surface area (TPSA) is 64.0 Å². The van der Waals surface area contributed by atoms with Crippen LogP contribution in [0.25, 0.3) is 20.7 Å². The molecule has 4 aromatic rings. The molecule has 1 aliphatic carbocycles. The number of thiophene rings is 2. The summed E-state index contributed by atoms with van der Waals surface area (Å²) in [5.41, 5.74) is 1.81. The van der Waals surface area contributed by atoms with Gasteiger partial charge < -0.3 is 5.32 Å². The molecule has 1 amide bonds. The van der Waals surface area contributed by atoms with E-state index in [1.807, 2.05) is 60.1 Å². The Balaban J connectivity index is 1.58. The fourth-order valence-corrected chi connectivity index (χ4v) is 6.47. The summed E-state index contributed by atoms with van der Waals surface area (Å²) in [6, 6.07) is 14.0. The first-order valence-corrected chi connectivity index (χ1v) is 12.9. The molecule has 5 nitrogen and oxygen atoms in total. The van der Waals surface area contributed by atoms with Crippen LogP contribution in [-0.4, -0.2) is 21.5 Å². The summed E-state index contributed by atoms with van der Waals surface area (Å²) in [5, 5.41) is 7.92. The predicted molar refractivity (Wildman–Crippen MR) is 129 cm³/mol. The molecule has 31 heavy (non-hydrogen) atoms. The van der Waals surface area contributed by atoms with E-state index in [1.54, 1.807) is 15.9 Å². The number of carbonyl (C=O) groups excluding carboxylic acids is 1. The molecule has 0 spiro atoms. The molecule has 1 atom stereocenters. The van der Waals surface area contributed by atoms with Crippen molar-refractivity contribution in [3.63, 3.8) is 0 Å². The van der Waals surface area contributed by atoms with Gasteiger partial charge in [0.05, 0.1) is 5.39 Å². The first-order valence-electron chi connectivity index (χ1n) is 10.2. The van der Waals surface area contributed by atoms with Gasteiger partial charge in [-0.1, -0.05) is 48.2 Å². The second kappa shape index (κ2) is 8.61. The maximum Gasteiger partial charge on any atom is 0.263 e. The minimum Gasteiger partial charge on any atom is -0.352 e. The number of rotatable bonds is 7. The molecule has 0 saturated heterocycles. The number of carbonyl (C=O) groups is 1. The molecule has 1 aliphatic rings. The Hall–Kier alpha value is -2.42. The van der Waals surface area contributed by atoms with Crippen LogP contribution in [0.4, 0.5) is 0 Å². The zero-order chi connectivity index (χ0) is 21.4. The van der Waals surface area contributed by atoms with Crippen LogP contribution in [0, 0.1) is 0 Å². The zero-order valence-corrected chi connectivity index (χ0v) is 19.4. The van der Waals surface area contributed by atoms with Crippen LogP contribution in [0.5, 0.6) is 0 Å². The molecule has 158 valence electrons. The van der Waals surface area contributed by atoms with Crippen LogP contribution in [0.1, 0.15) is 30.6 Å². The summed E-state index contributed by atoms with van der Waals surface area (Å²) in [6.45, 7) is 2.44. The smallest absolute Gasteiger partial charge is 0.263 e. The average molecular weight is 468 g/mol. The van der Waals surface area contributed by atoms with Crippen molar-refractivity contribution in [2.45, 2.75) is 42.8 Å². The van der Waals surface area contributed by atoms with Gasteiger partial charge in [0.1, 0.15) is 10.1 Å². The van der Waals surface area contributed by atoms with Crippen molar-refractivity contribution in [3.8, 4) is 10.4 Å². The molecule has 1 aromatic carbocycles. The lowest BCUT2D eigenvalue weighted by atomic mass is 10.1. The van der Waals surface area contributed by atoms with E-state index in [4.69, 9.17) is 4.98 Å². The number of nitrogens with zero attached hydrogens (tertiary/aromatic N) is 2. The molecular weight excluding hydrogens is 446 g/mol. The molecule has 0 radical (unpaired) electrons. The zero-order valence-electron chi connectivity index (χ0n) is 16.9. The number of hydrogen-bond acceptors (Lipinski definition) is 6. The molecule has 0 aliphatic heterocycles. The molecule has 0 bridgehead atoms. The lowest BCUT2D eigenvalue weighted by Crippen LogP contribution is -2.30.